The highest BCUT2D eigenvalue weighted by molar-refractivity contribution is 7.91. The first-order valence-corrected chi connectivity index (χ1v) is 19.9. The topological polar surface area (TPSA) is 185 Å². The SMILES string of the molecule is CC(C)(C)c1cc2cn(-c3ccc(CNCCCN=C(N)N)cc3)c(=O)nc2[nH]1.CC(C)(C)c1ccc(S(=O)(=O)CCCNC2CCNCC2)cc1. The Morgan fingerprint density at radius 2 is 1.62 bits per heavy atom. The molecule has 0 unspecified atom stereocenters. The van der Waals surface area contributed by atoms with Gasteiger partial charge in [0.1, 0.15) is 5.65 Å². The zero-order valence-electron chi connectivity index (χ0n) is 31.8. The standard InChI is InChI=1S/C21H29N7O.C18H30N2O2S/c1-21(2,3)17-11-15-13-28(20(29)27-18(15)26-17)16-7-5-14(6-8-16)12-24-9-4-10-25-19(22)23;1-18(2,3)15-5-7-17(8-6-15)23(21,22)14-4-11-20-16-9-12-19-13-10-16/h5-8,11,13,24H,4,9-10,12H2,1-3H3,(H4,22,23,25)(H,26,27,29);5-8,16,19-20H,4,9-14H2,1-3H3. The number of sulfone groups is 1. The maximum atomic E-state index is 12.5. The van der Waals surface area contributed by atoms with Crippen LogP contribution in [0.2, 0.25) is 0 Å². The number of benzene rings is 2. The van der Waals surface area contributed by atoms with E-state index in [4.69, 9.17) is 11.5 Å². The molecule has 4 aromatic rings. The van der Waals surface area contributed by atoms with Gasteiger partial charge in [-0.3, -0.25) is 9.56 Å². The van der Waals surface area contributed by atoms with E-state index in [0.717, 1.165) is 79.9 Å². The normalized spacial score (nSPS) is 14.2. The predicted molar refractivity (Wildman–Crippen MR) is 213 cm³/mol. The number of guanidine groups is 1. The Morgan fingerprint density at radius 3 is 2.23 bits per heavy atom. The molecule has 0 bridgehead atoms. The Labute approximate surface area is 309 Å². The molecule has 5 rings (SSSR count). The van der Waals surface area contributed by atoms with Gasteiger partial charge < -0.3 is 32.4 Å². The van der Waals surface area contributed by atoms with Gasteiger partial charge in [-0.2, -0.15) is 4.98 Å². The van der Waals surface area contributed by atoms with Gasteiger partial charge in [0.05, 0.1) is 16.3 Å². The number of piperidine rings is 1. The van der Waals surface area contributed by atoms with E-state index in [1.807, 2.05) is 42.6 Å². The first-order chi connectivity index (χ1) is 24.5. The summed E-state index contributed by atoms with van der Waals surface area (Å²) in [6.45, 7) is 17.8. The Balaban J connectivity index is 0.000000239. The van der Waals surface area contributed by atoms with Crippen molar-refractivity contribution in [3.63, 3.8) is 0 Å². The van der Waals surface area contributed by atoms with E-state index in [1.165, 1.54) is 0 Å². The summed E-state index contributed by atoms with van der Waals surface area (Å²) >= 11 is 0. The van der Waals surface area contributed by atoms with E-state index in [1.54, 1.807) is 16.7 Å². The minimum atomic E-state index is -3.18. The second kappa shape index (κ2) is 18.1. The fraction of sp³-hybridized carbons (Fsp3) is 0.513. The highest BCUT2D eigenvalue weighted by Crippen LogP contribution is 2.25. The van der Waals surface area contributed by atoms with E-state index in [-0.39, 0.29) is 28.2 Å². The Hall–Kier alpha value is -4.04. The van der Waals surface area contributed by atoms with Crippen molar-refractivity contribution in [1.82, 2.24) is 30.5 Å². The maximum Gasteiger partial charge on any atom is 0.354 e. The number of rotatable bonds is 13. The van der Waals surface area contributed by atoms with Crippen LogP contribution in [-0.2, 0) is 27.2 Å². The summed E-state index contributed by atoms with van der Waals surface area (Å²) in [6.07, 6.45) is 5.62. The number of nitrogens with zero attached hydrogens (tertiary/aromatic N) is 3. The van der Waals surface area contributed by atoms with E-state index in [9.17, 15) is 13.2 Å². The van der Waals surface area contributed by atoms with Crippen LogP contribution in [0.4, 0.5) is 0 Å². The summed E-state index contributed by atoms with van der Waals surface area (Å²) in [4.78, 5) is 24.3. The molecule has 0 amide bonds. The fourth-order valence-electron chi connectivity index (χ4n) is 5.88. The van der Waals surface area contributed by atoms with Crippen molar-refractivity contribution in [1.29, 1.82) is 0 Å². The number of aromatic amines is 1. The molecule has 0 radical (unpaired) electrons. The van der Waals surface area contributed by atoms with Crippen molar-refractivity contribution >= 4 is 26.8 Å². The molecule has 0 atom stereocenters. The third kappa shape index (κ3) is 12.3. The third-order valence-corrected chi connectivity index (χ3v) is 10.9. The van der Waals surface area contributed by atoms with Crippen molar-refractivity contribution < 1.29 is 8.42 Å². The summed E-state index contributed by atoms with van der Waals surface area (Å²) in [5.74, 6) is 0.331. The molecule has 12 nitrogen and oxygen atoms in total. The number of hydrogen-bond acceptors (Lipinski definition) is 8. The van der Waals surface area contributed by atoms with Crippen LogP contribution in [0, 0.1) is 0 Å². The Morgan fingerprint density at radius 1 is 0.942 bits per heavy atom. The molecule has 2 aromatic heterocycles. The molecule has 1 aliphatic rings. The minimum absolute atomic E-state index is 0.0352. The number of nitrogens with two attached hydrogens (primary N) is 2. The van der Waals surface area contributed by atoms with Crippen LogP contribution < -0.4 is 33.1 Å². The molecular formula is C39H59N9O3S. The Kier molecular flexibility index (Phi) is 14.2. The summed E-state index contributed by atoms with van der Waals surface area (Å²) in [5, 5.41) is 11.1. The van der Waals surface area contributed by atoms with Crippen LogP contribution in [0.5, 0.6) is 0 Å². The zero-order chi connectivity index (χ0) is 37.9. The van der Waals surface area contributed by atoms with E-state index in [2.05, 4.69) is 78.5 Å². The van der Waals surface area contributed by atoms with Gasteiger partial charge in [-0.05, 0) is 98.7 Å². The third-order valence-electron chi connectivity index (χ3n) is 9.11. The summed E-state index contributed by atoms with van der Waals surface area (Å²) in [6, 6.07) is 17.8. The van der Waals surface area contributed by atoms with Crippen LogP contribution in [0.15, 0.2) is 75.5 Å². The van der Waals surface area contributed by atoms with E-state index in [0.29, 0.717) is 29.6 Å². The van der Waals surface area contributed by atoms with Crippen LogP contribution in [0.1, 0.15) is 84.0 Å². The van der Waals surface area contributed by atoms with Crippen molar-refractivity contribution in [3.8, 4) is 5.69 Å². The molecule has 0 aliphatic carbocycles. The van der Waals surface area contributed by atoms with Crippen LogP contribution >= 0.6 is 0 Å². The Bertz CT molecular complexity index is 1910. The largest absolute Gasteiger partial charge is 0.370 e. The van der Waals surface area contributed by atoms with Gasteiger partial charge >= 0.3 is 5.69 Å². The lowest BCUT2D eigenvalue weighted by Gasteiger charge is -2.23. The quantitative estimate of drug-likeness (QED) is 0.0664. The van der Waals surface area contributed by atoms with Crippen molar-refractivity contribution in [3.05, 3.63) is 88.1 Å². The molecule has 1 aliphatic heterocycles. The summed E-state index contributed by atoms with van der Waals surface area (Å²) in [5.41, 5.74) is 15.1. The average Bonchev–Trinajstić information content (AvgIpc) is 3.52. The molecule has 13 heteroatoms. The second-order valence-electron chi connectivity index (χ2n) is 15.6. The van der Waals surface area contributed by atoms with Gasteiger partial charge in [-0.1, -0.05) is 65.8 Å². The first-order valence-electron chi connectivity index (χ1n) is 18.3. The van der Waals surface area contributed by atoms with Crippen molar-refractivity contribution in [2.75, 3.05) is 38.5 Å². The molecule has 0 spiro atoms. The number of hydrogen-bond donors (Lipinski definition) is 6. The first kappa shape index (κ1) is 40.7. The van der Waals surface area contributed by atoms with Gasteiger partial charge in [-0.25, -0.2) is 13.2 Å². The highest BCUT2D eigenvalue weighted by atomic mass is 32.2. The second-order valence-corrected chi connectivity index (χ2v) is 17.7. The van der Waals surface area contributed by atoms with Crippen molar-refractivity contribution in [2.24, 2.45) is 16.5 Å². The van der Waals surface area contributed by atoms with Crippen LogP contribution in [0.25, 0.3) is 16.7 Å². The number of nitrogens with one attached hydrogen (secondary N) is 4. The van der Waals surface area contributed by atoms with Crippen LogP contribution in [0.3, 0.4) is 0 Å². The van der Waals surface area contributed by atoms with Crippen LogP contribution in [-0.4, -0.2) is 73.4 Å². The lowest BCUT2D eigenvalue weighted by atomic mass is 9.87. The average molecular weight is 734 g/mol. The van der Waals surface area contributed by atoms with Crippen molar-refractivity contribution in [2.45, 2.75) is 95.5 Å². The molecule has 3 heterocycles. The molecular weight excluding hydrogens is 675 g/mol. The lowest BCUT2D eigenvalue weighted by molar-refractivity contribution is 0.388. The number of aromatic nitrogens is 3. The predicted octanol–water partition coefficient (Wildman–Crippen LogP) is 4.25. The smallest absolute Gasteiger partial charge is 0.354 e. The van der Waals surface area contributed by atoms with Gasteiger partial charge in [-0.15, -0.1) is 0 Å². The molecule has 8 N–H and O–H groups in total. The van der Waals surface area contributed by atoms with Gasteiger partial charge in [0.15, 0.2) is 15.8 Å². The minimum Gasteiger partial charge on any atom is -0.370 e. The van der Waals surface area contributed by atoms with Gasteiger partial charge in [0.2, 0.25) is 0 Å². The summed E-state index contributed by atoms with van der Waals surface area (Å²) < 4.78 is 26.4. The molecule has 1 saturated heterocycles. The maximum absolute atomic E-state index is 12.5. The fourth-order valence-corrected chi connectivity index (χ4v) is 7.19. The molecule has 2 aromatic carbocycles. The number of H-pyrrole nitrogens is 1. The molecule has 52 heavy (non-hydrogen) atoms. The number of aliphatic imine (C=N–C) groups is 1. The monoisotopic (exact) mass is 733 g/mol. The van der Waals surface area contributed by atoms with E-state index >= 15 is 0 Å². The molecule has 0 saturated carbocycles. The highest BCUT2D eigenvalue weighted by Gasteiger charge is 2.19. The van der Waals surface area contributed by atoms with Gasteiger partial charge in [0.25, 0.3) is 0 Å². The van der Waals surface area contributed by atoms with E-state index < -0.39 is 9.84 Å². The summed E-state index contributed by atoms with van der Waals surface area (Å²) in [7, 11) is -3.18. The number of fused-ring (bicyclic) bond motifs is 1. The molecule has 1 fully saturated rings. The lowest BCUT2D eigenvalue weighted by Crippen LogP contribution is -2.40. The zero-order valence-corrected chi connectivity index (χ0v) is 32.6. The molecule has 284 valence electrons. The van der Waals surface area contributed by atoms with Gasteiger partial charge in [0, 0.05) is 41.8 Å².